The summed E-state index contributed by atoms with van der Waals surface area (Å²) in [4.78, 5) is 0. The van der Waals surface area contributed by atoms with Crippen LogP contribution < -0.4 is 5.32 Å². The molecule has 3 heteroatoms. The van der Waals surface area contributed by atoms with Gasteiger partial charge in [-0.25, -0.2) is 0 Å². The Kier molecular flexibility index (Phi) is 6.06. The molecule has 0 bridgehead atoms. The van der Waals surface area contributed by atoms with E-state index in [-0.39, 0.29) is 12.4 Å². The molecule has 0 amide bonds. The molecule has 2 aromatic rings. The van der Waals surface area contributed by atoms with Crippen molar-refractivity contribution in [2.24, 2.45) is 0 Å². The van der Waals surface area contributed by atoms with Gasteiger partial charge in [-0.1, -0.05) is 60.1 Å². The van der Waals surface area contributed by atoms with E-state index < -0.39 is 0 Å². The molecule has 0 aliphatic heterocycles. The van der Waals surface area contributed by atoms with Gasteiger partial charge >= 0.3 is 0 Å². The van der Waals surface area contributed by atoms with Gasteiger partial charge in [0.15, 0.2) is 0 Å². The molecule has 17 heavy (non-hydrogen) atoms. The van der Waals surface area contributed by atoms with E-state index in [1.807, 2.05) is 42.5 Å². The van der Waals surface area contributed by atoms with E-state index in [9.17, 15) is 0 Å². The van der Waals surface area contributed by atoms with E-state index in [1.165, 1.54) is 5.56 Å². The second-order valence-corrected chi connectivity index (χ2v) is 4.09. The predicted molar refractivity (Wildman–Crippen MR) is 75.7 cm³/mol. The largest absolute Gasteiger partial charge is 0.309 e. The highest BCUT2D eigenvalue weighted by Gasteiger charge is 1.97. The maximum absolute atomic E-state index is 6.07. The Hall–Kier alpha value is -1.02. The van der Waals surface area contributed by atoms with Gasteiger partial charge in [0.2, 0.25) is 0 Å². The van der Waals surface area contributed by atoms with Crippen LogP contribution in [-0.2, 0) is 13.1 Å². The van der Waals surface area contributed by atoms with Crippen LogP contribution in [0.15, 0.2) is 54.6 Å². The van der Waals surface area contributed by atoms with Crippen molar-refractivity contribution in [1.29, 1.82) is 0 Å². The molecular formula is C14H15Cl2N. The molecular weight excluding hydrogens is 253 g/mol. The van der Waals surface area contributed by atoms with Gasteiger partial charge in [0, 0.05) is 18.1 Å². The topological polar surface area (TPSA) is 12.0 Å². The van der Waals surface area contributed by atoms with Crippen LogP contribution >= 0.6 is 24.0 Å². The summed E-state index contributed by atoms with van der Waals surface area (Å²) >= 11 is 6.07. The van der Waals surface area contributed by atoms with Gasteiger partial charge in [0.25, 0.3) is 0 Å². The van der Waals surface area contributed by atoms with Gasteiger partial charge in [0.1, 0.15) is 0 Å². The summed E-state index contributed by atoms with van der Waals surface area (Å²) in [6.07, 6.45) is 0. The van der Waals surface area contributed by atoms with Crippen molar-refractivity contribution < 1.29 is 0 Å². The van der Waals surface area contributed by atoms with Crippen LogP contribution in [0.1, 0.15) is 11.1 Å². The highest BCUT2D eigenvalue weighted by molar-refractivity contribution is 6.31. The zero-order chi connectivity index (χ0) is 11.2. The number of rotatable bonds is 4. The highest BCUT2D eigenvalue weighted by Crippen LogP contribution is 2.14. The van der Waals surface area contributed by atoms with Crippen molar-refractivity contribution in [2.45, 2.75) is 13.1 Å². The summed E-state index contributed by atoms with van der Waals surface area (Å²) in [5, 5.41) is 4.20. The monoisotopic (exact) mass is 267 g/mol. The number of hydrogen-bond donors (Lipinski definition) is 1. The molecule has 2 rings (SSSR count). The lowest BCUT2D eigenvalue weighted by Crippen LogP contribution is -2.12. The van der Waals surface area contributed by atoms with Crippen LogP contribution in [0, 0.1) is 0 Å². The van der Waals surface area contributed by atoms with Crippen LogP contribution in [0.25, 0.3) is 0 Å². The van der Waals surface area contributed by atoms with Crippen LogP contribution in [0.3, 0.4) is 0 Å². The standard InChI is InChI=1S/C14H14ClN.ClH/c15-14-9-5-4-8-13(14)11-16-10-12-6-2-1-3-7-12;/h1-9,16H,10-11H2;1H. The average molecular weight is 268 g/mol. The lowest BCUT2D eigenvalue weighted by molar-refractivity contribution is 0.693. The second kappa shape index (κ2) is 7.33. The molecule has 0 saturated carbocycles. The summed E-state index contributed by atoms with van der Waals surface area (Å²) in [7, 11) is 0. The van der Waals surface area contributed by atoms with Crippen molar-refractivity contribution in [3.05, 3.63) is 70.7 Å². The summed E-state index contributed by atoms with van der Waals surface area (Å²) < 4.78 is 0. The summed E-state index contributed by atoms with van der Waals surface area (Å²) in [5.74, 6) is 0. The SMILES string of the molecule is Cl.Clc1ccccc1CNCc1ccccc1. The van der Waals surface area contributed by atoms with Gasteiger partial charge in [-0.2, -0.15) is 0 Å². The Bertz CT molecular complexity index is 443. The van der Waals surface area contributed by atoms with Crippen molar-refractivity contribution in [3.63, 3.8) is 0 Å². The third-order valence-corrected chi connectivity index (χ3v) is 2.81. The quantitative estimate of drug-likeness (QED) is 0.882. The van der Waals surface area contributed by atoms with Crippen LogP contribution in [0.4, 0.5) is 0 Å². The Morgan fingerprint density at radius 2 is 1.47 bits per heavy atom. The maximum atomic E-state index is 6.07. The summed E-state index contributed by atoms with van der Waals surface area (Å²) in [6, 6.07) is 18.3. The first-order valence-electron chi connectivity index (χ1n) is 5.34. The Morgan fingerprint density at radius 3 is 2.18 bits per heavy atom. The molecule has 90 valence electrons. The van der Waals surface area contributed by atoms with Gasteiger partial charge in [0.05, 0.1) is 0 Å². The van der Waals surface area contributed by atoms with Gasteiger partial charge < -0.3 is 5.32 Å². The summed E-state index contributed by atoms with van der Waals surface area (Å²) in [6.45, 7) is 1.67. The molecule has 0 spiro atoms. The minimum Gasteiger partial charge on any atom is -0.309 e. The molecule has 1 N–H and O–H groups in total. The molecule has 0 radical (unpaired) electrons. The van der Waals surface area contributed by atoms with Gasteiger partial charge in [-0.3, -0.25) is 0 Å². The predicted octanol–water partition coefficient (Wildman–Crippen LogP) is 4.05. The molecule has 0 atom stereocenters. The molecule has 1 nitrogen and oxygen atoms in total. The van der Waals surface area contributed by atoms with Crippen LogP contribution in [0.5, 0.6) is 0 Å². The van der Waals surface area contributed by atoms with E-state index in [2.05, 4.69) is 17.4 Å². The fourth-order valence-electron chi connectivity index (χ4n) is 1.58. The van der Waals surface area contributed by atoms with Crippen molar-refractivity contribution in [2.75, 3.05) is 0 Å². The first kappa shape index (κ1) is 14.0. The Morgan fingerprint density at radius 1 is 0.824 bits per heavy atom. The minimum absolute atomic E-state index is 0. The molecule has 0 fully saturated rings. The molecule has 2 aromatic carbocycles. The molecule has 0 aliphatic rings. The number of halogens is 2. The zero-order valence-corrected chi connectivity index (χ0v) is 11.0. The maximum Gasteiger partial charge on any atom is 0.0450 e. The molecule has 0 saturated heterocycles. The fourth-order valence-corrected chi connectivity index (χ4v) is 1.78. The third kappa shape index (κ3) is 4.39. The Labute approximate surface area is 113 Å². The number of hydrogen-bond acceptors (Lipinski definition) is 1. The molecule has 0 heterocycles. The Balaban J connectivity index is 0.00000144. The van der Waals surface area contributed by atoms with E-state index >= 15 is 0 Å². The highest BCUT2D eigenvalue weighted by atomic mass is 35.5. The first-order valence-corrected chi connectivity index (χ1v) is 5.72. The zero-order valence-electron chi connectivity index (χ0n) is 9.40. The minimum atomic E-state index is 0. The fraction of sp³-hybridized carbons (Fsp3) is 0.143. The van der Waals surface area contributed by atoms with E-state index in [1.54, 1.807) is 0 Å². The lowest BCUT2D eigenvalue weighted by Gasteiger charge is -2.06. The molecule has 0 unspecified atom stereocenters. The van der Waals surface area contributed by atoms with Crippen molar-refractivity contribution in [1.82, 2.24) is 5.32 Å². The number of benzene rings is 2. The average Bonchev–Trinajstić information content (AvgIpc) is 2.33. The van der Waals surface area contributed by atoms with E-state index in [0.717, 1.165) is 23.7 Å². The third-order valence-electron chi connectivity index (χ3n) is 2.45. The van der Waals surface area contributed by atoms with Crippen molar-refractivity contribution >= 4 is 24.0 Å². The first-order chi connectivity index (χ1) is 7.86. The van der Waals surface area contributed by atoms with Gasteiger partial charge in [-0.05, 0) is 17.2 Å². The van der Waals surface area contributed by atoms with Gasteiger partial charge in [-0.15, -0.1) is 12.4 Å². The normalized spacial score (nSPS) is 9.71. The van der Waals surface area contributed by atoms with Crippen LogP contribution in [-0.4, -0.2) is 0 Å². The van der Waals surface area contributed by atoms with E-state index in [0.29, 0.717) is 0 Å². The molecule has 0 aliphatic carbocycles. The smallest absolute Gasteiger partial charge is 0.0450 e. The lowest BCUT2D eigenvalue weighted by atomic mass is 10.2. The van der Waals surface area contributed by atoms with E-state index in [4.69, 9.17) is 11.6 Å². The second-order valence-electron chi connectivity index (χ2n) is 3.68. The van der Waals surface area contributed by atoms with Crippen molar-refractivity contribution in [3.8, 4) is 0 Å². The number of nitrogens with one attached hydrogen (secondary N) is 1. The van der Waals surface area contributed by atoms with Crippen LogP contribution in [0.2, 0.25) is 5.02 Å². The summed E-state index contributed by atoms with van der Waals surface area (Å²) in [5.41, 5.74) is 2.43. The molecule has 0 aromatic heterocycles.